The van der Waals surface area contributed by atoms with Crippen molar-refractivity contribution in [2.75, 3.05) is 31.1 Å². The van der Waals surface area contributed by atoms with Crippen molar-refractivity contribution < 1.29 is 4.79 Å². The Morgan fingerprint density at radius 2 is 1.70 bits per heavy atom. The number of aromatic nitrogens is 2. The zero-order chi connectivity index (χ0) is 20.8. The molecule has 1 saturated heterocycles. The second kappa shape index (κ2) is 8.89. The van der Waals surface area contributed by atoms with Gasteiger partial charge in [-0.15, -0.1) is 0 Å². The lowest BCUT2D eigenvalue weighted by atomic mass is 10.1. The van der Waals surface area contributed by atoms with Crippen molar-refractivity contribution in [2.24, 2.45) is 0 Å². The van der Waals surface area contributed by atoms with E-state index in [1.54, 1.807) is 36.7 Å². The molecule has 1 amide bonds. The molecule has 0 atom stereocenters. The van der Waals surface area contributed by atoms with Crippen LogP contribution >= 0.6 is 0 Å². The van der Waals surface area contributed by atoms with Gasteiger partial charge in [0.1, 0.15) is 17.6 Å². The number of rotatable bonds is 2. The van der Waals surface area contributed by atoms with Crippen molar-refractivity contribution in [1.82, 2.24) is 14.9 Å². The number of benzene rings is 1. The summed E-state index contributed by atoms with van der Waals surface area (Å²) >= 11 is 0. The van der Waals surface area contributed by atoms with Crippen LogP contribution in [0.5, 0.6) is 0 Å². The molecule has 2 aromatic heterocycles. The Hall–Kier alpha value is -4.16. The number of anilines is 1. The third-order valence-corrected chi connectivity index (χ3v) is 4.89. The van der Waals surface area contributed by atoms with E-state index in [-0.39, 0.29) is 5.91 Å². The van der Waals surface area contributed by atoms with Crippen LogP contribution in [0.2, 0.25) is 0 Å². The molecule has 146 valence electrons. The van der Waals surface area contributed by atoms with E-state index in [4.69, 9.17) is 0 Å². The second-order valence-electron chi connectivity index (χ2n) is 6.81. The Balaban J connectivity index is 1.44. The normalized spacial score (nSPS) is 13.2. The van der Waals surface area contributed by atoms with E-state index in [9.17, 15) is 10.1 Å². The number of pyridine rings is 2. The van der Waals surface area contributed by atoms with E-state index < -0.39 is 0 Å². The molecule has 1 aliphatic heterocycles. The minimum atomic E-state index is -0.0404. The molecule has 6 heteroatoms. The highest BCUT2D eigenvalue weighted by Crippen LogP contribution is 2.19. The number of amides is 1. The predicted molar refractivity (Wildman–Crippen MR) is 114 cm³/mol. The van der Waals surface area contributed by atoms with Crippen LogP contribution in [-0.2, 0) is 0 Å². The Bertz CT molecular complexity index is 1150. The van der Waals surface area contributed by atoms with Crippen molar-refractivity contribution >= 4 is 11.7 Å². The van der Waals surface area contributed by atoms with Gasteiger partial charge in [-0.1, -0.05) is 24.1 Å². The lowest BCUT2D eigenvalue weighted by Crippen LogP contribution is -2.49. The first kappa shape index (κ1) is 19.2. The standard InChI is InChI=1S/C24H19N5O/c25-18-21-7-4-11-27-23(21)28-13-15-29(16-14-28)24(30)20-10-12-26-22(17-20)9-8-19-5-2-1-3-6-19/h1-7,10-12,17H,13-16H2. The first-order chi connectivity index (χ1) is 14.7. The monoisotopic (exact) mass is 393 g/mol. The number of carbonyl (C=O) groups excluding carboxylic acids is 1. The number of nitriles is 1. The molecular formula is C24H19N5O. The lowest BCUT2D eigenvalue weighted by molar-refractivity contribution is 0.0746. The molecular weight excluding hydrogens is 374 g/mol. The maximum Gasteiger partial charge on any atom is 0.254 e. The molecule has 6 nitrogen and oxygen atoms in total. The molecule has 0 aliphatic carbocycles. The molecule has 4 rings (SSSR count). The molecule has 3 heterocycles. The SMILES string of the molecule is N#Cc1cccnc1N1CCN(C(=O)c2ccnc(C#Cc3ccccc3)c2)CC1. The zero-order valence-electron chi connectivity index (χ0n) is 16.3. The third-order valence-electron chi connectivity index (χ3n) is 4.89. The Morgan fingerprint density at radius 1 is 0.900 bits per heavy atom. The molecule has 30 heavy (non-hydrogen) atoms. The van der Waals surface area contributed by atoms with Crippen molar-refractivity contribution in [3.05, 3.63) is 89.4 Å². The van der Waals surface area contributed by atoms with Crippen LogP contribution in [0.4, 0.5) is 5.82 Å². The maximum absolute atomic E-state index is 13.0. The smallest absolute Gasteiger partial charge is 0.254 e. The van der Waals surface area contributed by atoms with Crippen LogP contribution in [0.3, 0.4) is 0 Å². The summed E-state index contributed by atoms with van der Waals surface area (Å²) in [6.45, 7) is 2.38. The second-order valence-corrected chi connectivity index (χ2v) is 6.81. The molecule has 0 spiro atoms. The highest BCUT2D eigenvalue weighted by molar-refractivity contribution is 5.94. The molecule has 1 fully saturated rings. The van der Waals surface area contributed by atoms with E-state index in [2.05, 4.69) is 27.9 Å². The van der Waals surface area contributed by atoms with Gasteiger partial charge in [-0.05, 0) is 42.3 Å². The molecule has 0 N–H and O–H groups in total. The molecule has 0 bridgehead atoms. The zero-order valence-corrected chi connectivity index (χ0v) is 16.3. The molecule has 0 saturated carbocycles. The lowest BCUT2D eigenvalue weighted by Gasteiger charge is -2.35. The fourth-order valence-electron chi connectivity index (χ4n) is 3.33. The summed E-state index contributed by atoms with van der Waals surface area (Å²) in [5.41, 5.74) is 2.59. The van der Waals surface area contributed by atoms with Crippen LogP contribution in [0.15, 0.2) is 67.0 Å². The summed E-state index contributed by atoms with van der Waals surface area (Å²) in [7, 11) is 0. The summed E-state index contributed by atoms with van der Waals surface area (Å²) in [4.78, 5) is 25.4. The summed E-state index contributed by atoms with van der Waals surface area (Å²) in [5, 5.41) is 9.28. The number of nitrogens with zero attached hydrogens (tertiary/aromatic N) is 5. The summed E-state index contributed by atoms with van der Waals surface area (Å²) in [5.74, 6) is 6.72. The van der Waals surface area contributed by atoms with E-state index in [1.165, 1.54) is 0 Å². The maximum atomic E-state index is 13.0. The molecule has 3 aromatic rings. The minimum absolute atomic E-state index is 0.0404. The quantitative estimate of drug-likeness (QED) is 0.626. The largest absolute Gasteiger partial charge is 0.352 e. The first-order valence-corrected chi connectivity index (χ1v) is 9.67. The minimum Gasteiger partial charge on any atom is -0.352 e. The van der Waals surface area contributed by atoms with Gasteiger partial charge >= 0.3 is 0 Å². The van der Waals surface area contributed by atoms with E-state index in [0.29, 0.717) is 48.8 Å². The van der Waals surface area contributed by atoms with Gasteiger partial charge in [0.25, 0.3) is 5.91 Å². The van der Waals surface area contributed by atoms with Crippen molar-refractivity contribution in [3.8, 4) is 17.9 Å². The number of hydrogen-bond acceptors (Lipinski definition) is 5. The van der Waals surface area contributed by atoms with Crippen LogP contribution in [-0.4, -0.2) is 47.0 Å². The van der Waals surface area contributed by atoms with Gasteiger partial charge in [0.05, 0.1) is 5.56 Å². The fraction of sp³-hybridized carbons (Fsp3) is 0.167. The first-order valence-electron chi connectivity index (χ1n) is 9.67. The summed E-state index contributed by atoms with van der Waals surface area (Å²) in [6.07, 6.45) is 3.30. The van der Waals surface area contributed by atoms with Gasteiger partial charge in [0.15, 0.2) is 0 Å². The highest BCUT2D eigenvalue weighted by Gasteiger charge is 2.24. The molecule has 1 aliphatic rings. The van der Waals surface area contributed by atoms with Crippen molar-refractivity contribution in [3.63, 3.8) is 0 Å². The van der Waals surface area contributed by atoms with Crippen molar-refractivity contribution in [2.45, 2.75) is 0 Å². The third kappa shape index (κ3) is 4.29. The van der Waals surface area contributed by atoms with E-state index in [0.717, 1.165) is 5.56 Å². The van der Waals surface area contributed by atoms with Gasteiger partial charge in [0, 0.05) is 49.7 Å². The van der Waals surface area contributed by atoms with E-state index in [1.807, 2.05) is 40.1 Å². The summed E-state index contributed by atoms with van der Waals surface area (Å²) in [6, 6.07) is 18.8. The molecule has 0 radical (unpaired) electrons. The Kier molecular flexibility index (Phi) is 5.68. The van der Waals surface area contributed by atoms with Crippen LogP contribution in [0.25, 0.3) is 0 Å². The summed E-state index contributed by atoms with van der Waals surface area (Å²) < 4.78 is 0. The van der Waals surface area contributed by atoms with Gasteiger partial charge < -0.3 is 9.80 Å². The van der Waals surface area contributed by atoms with Crippen molar-refractivity contribution in [1.29, 1.82) is 5.26 Å². The average molecular weight is 393 g/mol. The van der Waals surface area contributed by atoms with Gasteiger partial charge in [-0.2, -0.15) is 5.26 Å². The van der Waals surface area contributed by atoms with Crippen LogP contribution in [0.1, 0.15) is 27.2 Å². The topological polar surface area (TPSA) is 73.1 Å². The predicted octanol–water partition coefficient (Wildman–Crippen LogP) is 2.71. The number of carbonyl (C=O) groups is 1. The number of piperazine rings is 1. The average Bonchev–Trinajstić information content (AvgIpc) is 2.83. The molecule has 0 unspecified atom stereocenters. The highest BCUT2D eigenvalue weighted by atomic mass is 16.2. The van der Waals surface area contributed by atoms with E-state index >= 15 is 0 Å². The van der Waals surface area contributed by atoms with Crippen LogP contribution < -0.4 is 4.90 Å². The Labute approximate surface area is 175 Å². The Morgan fingerprint density at radius 3 is 2.47 bits per heavy atom. The van der Waals surface area contributed by atoms with Crippen LogP contribution in [0, 0.1) is 23.2 Å². The number of hydrogen-bond donors (Lipinski definition) is 0. The van der Waals surface area contributed by atoms with Gasteiger partial charge in [-0.25, -0.2) is 9.97 Å². The van der Waals surface area contributed by atoms with Gasteiger partial charge in [-0.3, -0.25) is 4.79 Å². The van der Waals surface area contributed by atoms with Gasteiger partial charge in [0.2, 0.25) is 0 Å². The fourth-order valence-corrected chi connectivity index (χ4v) is 3.33. The molecule has 1 aromatic carbocycles.